The van der Waals surface area contributed by atoms with Crippen LogP contribution in [0.3, 0.4) is 0 Å². The molecule has 0 fully saturated rings. The summed E-state index contributed by atoms with van der Waals surface area (Å²) in [6.07, 6.45) is 1.52. The molecule has 0 unspecified atom stereocenters. The average molecular weight is 396 g/mol. The van der Waals surface area contributed by atoms with E-state index in [1.165, 1.54) is 23.7 Å². The number of rotatable bonds is 7. The van der Waals surface area contributed by atoms with Gasteiger partial charge in [0.15, 0.2) is 11.4 Å². The molecular formula is C17H22ClN5O4. The number of ether oxygens (including phenoxy) is 1. The zero-order chi connectivity index (χ0) is 20.1. The molecule has 0 spiro atoms. The van der Waals surface area contributed by atoms with E-state index >= 15 is 0 Å². The monoisotopic (exact) mass is 395 g/mol. The van der Waals surface area contributed by atoms with Crippen molar-refractivity contribution in [3.63, 3.8) is 0 Å². The van der Waals surface area contributed by atoms with Crippen molar-refractivity contribution in [2.24, 2.45) is 0 Å². The number of halogens is 1. The Bertz CT molecular complexity index is 953. The molecule has 0 aliphatic heterocycles. The van der Waals surface area contributed by atoms with Crippen LogP contribution in [0, 0.1) is 0 Å². The SMILES string of the molecule is CCCCn1c(N)c(N(C)C(=O)c2nc(OCC)ccc2Cl)c(=O)[nH]c1=O. The van der Waals surface area contributed by atoms with Gasteiger partial charge in [0.25, 0.3) is 11.5 Å². The van der Waals surface area contributed by atoms with E-state index in [9.17, 15) is 14.4 Å². The Kier molecular flexibility index (Phi) is 6.62. The normalized spacial score (nSPS) is 10.7. The Labute approximate surface area is 160 Å². The van der Waals surface area contributed by atoms with Gasteiger partial charge in [0, 0.05) is 19.7 Å². The van der Waals surface area contributed by atoms with Crippen LogP contribution < -0.4 is 26.6 Å². The van der Waals surface area contributed by atoms with Crippen molar-refractivity contribution in [3.8, 4) is 5.88 Å². The fraction of sp³-hybridized carbons (Fsp3) is 0.412. The van der Waals surface area contributed by atoms with Gasteiger partial charge in [-0.15, -0.1) is 0 Å². The summed E-state index contributed by atoms with van der Waals surface area (Å²) >= 11 is 6.09. The molecule has 2 heterocycles. The first-order valence-electron chi connectivity index (χ1n) is 8.51. The number of nitrogen functional groups attached to an aromatic ring is 1. The first-order valence-corrected chi connectivity index (χ1v) is 8.89. The van der Waals surface area contributed by atoms with Crippen LogP contribution in [0.4, 0.5) is 11.5 Å². The number of aromatic nitrogens is 3. The van der Waals surface area contributed by atoms with Gasteiger partial charge < -0.3 is 15.4 Å². The number of aromatic amines is 1. The number of pyridine rings is 1. The number of unbranched alkanes of at least 4 members (excludes halogenated alkanes) is 1. The predicted octanol–water partition coefficient (Wildman–Crippen LogP) is 1.64. The first-order chi connectivity index (χ1) is 12.8. The number of nitrogens with two attached hydrogens (primary N) is 1. The molecule has 0 atom stereocenters. The maximum Gasteiger partial charge on any atom is 0.330 e. The summed E-state index contributed by atoms with van der Waals surface area (Å²) in [6.45, 7) is 4.44. The minimum absolute atomic E-state index is 0.0878. The van der Waals surface area contributed by atoms with Crippen molar-refractivity contribution in [1.29, 1.82) is 0 Å². The molecule has 1 amide bonds. The Balaban J connectivity index is 2.50. The van der Waals surface area contributed by atoms with Gasteiger partial charge in [-0.25, -0.2) is 9.78 Å². The Hall–Kier alpha value is -2.81. The highest BCUT2D eigenvalue weighted by Crippen LogP contribution is 2.23. The number of carbonyl (C=O) groups is 1. The third kappa shape index (κ3) is 4.30. The number of amides is 1. The Morgan fingerprint density at radius 3 is 2.70 bits per heavy atom. The zero-order valence-corrected chi connectivity index (χ0v) is 16.2. The van der Waals surface area contributed by atoms with Gasteiger partial charge in [-0.3, -0.25) is 19.1 Å². The molecule has 9 nitrogen and oxygen atoms in total. The molecule has 0 bridgehead atoms. The minimum Gasteiger partial charge on any atom is -0.478 e. The van der Waals surface area contributed by atoms with Crippen LogP contribution in [0.1, 0.15) is 37.2 Å². The van der Waals surface area contributed by atoms with Gasteiger partial charge in [0.1, 0.15) is 5.82 Å². The predicted molar refractivity (Wildman–Crippen MR) is 104 cm³/mol. The van der Waals surface area contributed by atoms with Crippen molar-refractivity contribution in [2.45, 2.75) is 33.2 Å². The highest BCUT2D eigenvalue weighted by atomic mass is 35.5. The highest BCUT2D eigenvalue weighted by Gasteiger charge is 2.25. The lowest BCUT2D eigenvalue weighted by molar-refractivity contribution is 0.0987. The van der Waals surface area contributed by atoms with Gasteiger partial charge in [-0.05, 0) is 19.4 Å². The Morgan fingerprint density at radius 1 is 1.37 bits per heavy atom. The first kappa shape index (κ1) is 20.5. The van der Waals surface area contributed by atoms with Crippen molar-refractivity contribution in [2.75, 3.05) is 24.3 Å². The molecule has 2 aromatic heterocycles. The van der Waals surface area contributed by atoms with Gasteiger partial charge in [-0.2, -0.15) is 0 Å². The maximum absolute atomic E-state index is 12.9. The van der Waals surface area contributed by atoms with E-state index in [1.54, 1.807) is 6.92 Å². The van der Waals surface area contributed by atoms with E-state index < -0.39 is 17.2 Å². The molecule has 2 aromatic rings. The second kappa shape index (κ2) is 8.72. The molecule has 27 heavy (non-hydrogen) atoms. The molecule has 0 aliphatic rings. The summed E-state index contributed by atoms with van der Waals surface area (Å²) in [5.41, 5.74) is 4.41. The number of hydrogen-bond acceptors (Lipinski definition) is 6. The summed E-state index contributed by atoms with van der Waals surface area (Å²) in [4.78, 5) is 44.5. The van der Waals surface area contributed by atoms with Crippen molar-refractivity contribution < 1.29 is 9.53 Å². The summed E-state index contributed by atoms with van der Waals surface area (Å²) in [5, 5.41) is 0.101. The van der Waals surface area contributed by atoms with E-state index in [-0.39, 0.29) is 28.1 Å². The summed E-state index contributed by atoms with van der Waals surface area (Å²) in [5.74, 6) is -0.516. The largest absolute Gasteiger partial charge is 0.478 e. The lowest BCUT2D eigenvalue weighted by Gasteiger charge is -2.20. The quantitative estimate of drug-likeness (QED) is 0.734. The van der Waals surface area contributed by atoms with Gasteiger partial charge in [0.2, 0.25) is 5.88 Å². The van der Waals surface area contributed by atoms with Gasteiger partial charge in [0.05, 0.1) is 11.6 Å². The molecule has 10 heteroatoms. The number of H-pyrrole nitrogens is 1. The minimum atomic E-state index is -0.766. The second-order valence-electron chi connectivity index (χ2n) is 5.78. The third-order valence-corrected chi connectivity index (χ3v) is 4.21. The second-order valence-corrected chi connectivity index (χ2v) is 6.18. The lowest BCUT2D eigenvalue weighted by Crippen LogP contribution is -2.39. The van der Waals surface area contributed by atoms with E-state index in [2.05, 4.69) is 9.97 Å². The number of carbonyl (C=O) groups excluding carboxylic acids is 1. The summed E-state index contributed by atoms with van der Waals surface area (Å²) < 4.78 is 6.52. The third-order valence-electron chi connectivity index (χ3n) is 3.90. The number of hydrogen-bond donors (Lipinski definition) is 2. The molecule has 0 saturated carbocycles. The molecule has 0 aromatic carbocycles. The Morgan fingerprint density at radius 2 is 2.07 bits per heavy atom. The van der Waals surface area contributed by atoms with E-state index in [0.717, 1.165) is 11.3 Å². The van der Waals surface area contributed by atoms with Crippen molar-refractivity contribution >= 4 is 29.0 Å². The maximum atomic E-state index is 12.9. The molecular weight excluding hydrogens is 374 g/mol. The van der Waals surface area contributed by atoms with Crippen molar-refractivity contribution in [1.82, 2.24) is 14.5 Å². The van der Waals surface area contributed by atoms with E-state index in [4.69, 9.17) is 22.1 Å². The topological polar surface area (TPSA) is 123 Å². The van der Waals surface area contributed by atoms with Crippen LogP contribution in [0.25, 0.3) is 0 Å². The molecule has 146 valence electrons. The fourth-order valence-corrected chi connectivity index (χ4v) is 2.69. The van der Waals surface area contributed by atoms with Crippen LogP contribution in [-0.2, 0) is 6.54 Å². The fourth-order valence-electron chi connectivity index (χ4n) is 2.50. The molecule has 0 radical (unpaired) electrons. The molecule has 2 rings (SSSR count). The smallest absolute Gasteiger partial charge is 0.330 e. The van der Waals surface area contributed by atoms with Crippen LogP contribution in [-0.4, -0.2) is 34.1 Å². The van der Waals surface area contributed by atoms with E-state index in [0.29, 0.717) is 19.6 Å². The average Bonchev–Trinajstić information content (AvgIpc) is 2.62. The van der Waals surface area contributed by atoms with Crippen LogP contribution in [0.5, 0.6) is 5.88 Å². The number of anilines is 2. The van der Waals surface area contributed by atoms with Crippen molar-refractivity contribution in [3.05, 3.63) is 43.7 Å². The van der Waals surface area contributed by atoms with Crippen LogP contribution in [0.15, 0.2) is 21.7 Å². The zero-order valence-electron chi connectivity index (χ0n) is 15.4. The standard InChI is InChI=1S/C17H22ClN5O4/c1-4-6-9-23-14(19)13(15(24)21-17(23)26)22(3)16(25)12-10(18)7-8-11(20-12)27-5-2/h7-8H,4-6,9,19H2,1-3H3,(H,21,24,26). The van der Waals surface area contributed by atoms with E-state index in [1.807, 2.05) is 6.92 Å². The number of nitrogens with one attached hydrogen (secondary N) is 1. The van der Waals surface area contributed by atoms with Crippen LogP contribution >= 0.6 is 11.6 Å². The highest BCUT2D eigenvalue weighted by molar-refractivity contribution is 6.34. The van der Waals surface area contributed by atoms with Gasteiger partial charge >= 0.3 is 5.69 Å². The molecule has 3 N–H and O–H groups in total. The molecule has 0 saturated heterocycles. The summed E-state index contributed by atoms with van der Waals surface area (Å²) in [6, 6.07) is 3.02. The van der Waals surface area contributed by atoms with Crippen LogP contribution in [0.2, 0.25) is 5.02 Å². The summed E-state index contributed by atoms with van der Waals surface area (Å²) in [7, 11) is 1.36. The molecule has 0 aliphatic carbocycles. The van der Waals surface area contributed by atoms with Gasteiger partial charge in [-0.1, -0.05) is 24.9 Å². The lowest BCUT2D eigenvalue weighted by atomic mass is 10.3. The number of nitrogens with zero attached hydrogens (tertiary/aromatic N) is 3.